The normalized spacial score (nSPS) is 14.2. The second-order valence-electron chi connectivity index (χ2n) is 6.77. The Morgan fingerprint density at radius 1 is 0.958 bits per heavy atom. The lowest BCUT2D eigenvalue weighted by Crippen LogP contribution is -2.29. The highest BCUT2D eigenvalue weighted by Crippen LogP contribution is 2.27. The van der Waals surface area contributed by atoms with Gasteiger partial charge in [0.1, 0.15) is 0 Å². The average molecular weight is 338 g/mol. The second-order valence-corrected chi connectivity index (χ2v) is 6.77. The first-order chi connectivity index (χ1) is 11.4. The molecule has 0 heterocycles. The SMILES string of the molecule is CCC(C)(C)C(C)OCCCCOC(C)Oc1ccccc1OC. The molecule has 0 radical (unpaired) electrons. The van der Waals surface area contributed by atoms with Gasteiger partial charge in [-0.2, -0.15) is 0 Å². The van der Waals surface area contributed by atoms with Gasteiger partial charge >= 0.3 is 0 Å². The Hall–Kier alpha value is -1.26. The van der Waals surface area contributed by atoms with Crippen molar-refractivity contribution in [3.63, 3.8) is 0 Å². The quantitative estimate of drug-likeness (QED) is 0.394. The minimum Gasteiger partial charge on any atom is -0.493 e. The number of unbranched alkanes of at least 4 members (excludes halogenated alkanes) is 1. The topological polar surface area (TPSA) is 36.9 Å². The Bertz CT molecular complexity index is 459. The van der Waals surface area contributed by atoms with Crippen LogP contribution in [0.25, 0.3) is 0 Å². The minimum atomic E-state index is -0.305. The van der Waals surface area contributed by atoms with Crippen LogP contribution in [0.3, 0.4) is 0 Å². The van der Waals surface area contributed by atoms with Crippen LogP contribution in [0, 0.1) is 5.41 Å². The van der Waals surface area contributed by atoms with Crippen LogP contribution in [0.4, 0.5) is 0 Å². The lowest BCUT2D eigenvalue weighted by molar-refractivity contribution is -0.0717. The molecule has 0 fully saturated rings. The molecular weight excluding hydrogens is 304 g/mol. The molecule has 0 aliphatic rings. The van der Waals surface area contributed by atoms with Gasteiger partial charge in [-0.1, -0.05) is 32.9 Å². The molecule has 0 amide bonds. The monoisotopic (exact) mass is 338 g/mol. The Kier molecular flexibility index (Phi) is 9.16. The fraction of sp³-hybridized carbons (Fsp3) is 0.700. The highest BCUT2D eigenvalue weighted by atomic mass is 16.7. The van der Waals surface area contributed by atoms with E-state index < -0.39 is 0 Å². The molecule has 2 atom stereocenters. The van der Waals surface area contributed by atoms with Crippen LogP contribution in [-0.4, -0.2) is 32.7 Å². The molecule has 24 heavy (non-hydrogen) atoms. The third-order valence-corrected chi connectivity index (χ3v) is 4.63. The van der Waals surface area contributed by atoms with Crippen LogP contribution in [0.15, 0.2) is 24.3 Å². The zero-order valence-corrected chi connectivity index (χ0v) is 16.1. The van der Waals surface area contributed by atoms with Crippen molar-refractivity contribution in [3.8, 4) is 11.5 Å². The molecule has 138 valence electrons. The molecule has 0 aromatic heterocycles. The summed E-state index contributed by atoms with van der Waals surface area (Å²) in [7, 11) is 1.63. The molecule has 4 nitrogen and oxygen atoms in total. The standard InChI is InChI=1S/C20H34O4/c1-7-20(4,5)16(2)22-14-10-11-15-23-17(3)24-19-13-9-8-12-18(19)21-6/h8-9,12-13,16-17H,7,10-11,14-15H2,1-6H3. The number of hydrogen-bond acceptors (Lipinski definition) is 4. The fourth-order valence-electron chi connectivity index (χ4n) is 2.16. The lowest BCUT2D eigenvalue weighted by atomic mass is 9.85. The van der Waals surface area contributed by atoms with E-state index in [1.54, 1.807) is 7.11 Å². The fourth-order valence-corrected chi connectivity index (χ4v) is 2.16. The predicted octanol–water partition coefficient (Wildman–Crippen LogP) is 5.06. The van der Waals surface area contributed by atoms with Gasteiger partial charge in [-0.25, -0.2) is 0 Å². The predicted molar refractivity (Wildman–Crippen MR) is 97.8 cm³/mol. The highest BCUT2D eigenvalue weighted by Gasteiger charge is 2.23. The summed E-state index contributed by atoms with van der Waals surface area (Å²) >= 11 is 0. The van der Waals surface area contributed by atoms with E-state index in [0.717, 1.165) is 25.9 Å². The Morgan fingerprint density at radius 3 is 2.12 bits per heavy atom. The molecule has 1 aromatic carbocycles. The van der Waals surface area contributed by atoms with Crippen LogP contribution in [0.2, 0.25) is 0 Å². The maximum absolute atomic E-state index is 5.93. The molecule has 1 aromatic rings. The van der Waals surface area contributed by atoms with Crippen LogP contribution >= 0.6 is 0 Å². The number of methoxy groups -OCH3 is 1. The molecule has 0 saturated carbocycles. The van der Waals surface area contributed by atoms with Crippen molar-refractivity contribution >= 4 is 0 Å². The highest BCUT2D eigenvalue weighted by molar-refractivity contribution is 5.39. The Balaban J connectivity index is 2.17. The molecule has 2 unspecified atom stereocenters. The summed E-state index contributed by atoms with van der Waals surface area (Å²) in [6.45, 7) is 12.2. The van der Waals surface area contributed by atoms with Gasteiger partial charge in [-0.3, -0.25) is 0 Å². The summed E-state index contributed by atoms with van der Waals surface area (Å²) in [5.41, 5.74) is 0.230. The van der Waals surface area contributed by atoms with Gasteiger partial charge in [0.05, 0.1) is 19.8 Å². The van der Waals surface area contributed by atoms with Crippen molar-refractivity contribution in [1.29, 1.82) is 0 Å². The summed E-state index contributed by atoms with van der Waals surface area (Å²) in [5.74, 6) is 1.42. The van der Waals surface area contributed by atoms with E-state index in [-0.39, 0.29) is 17.8 Å². The van der Waals surface area contributed by atoms with Crippen molar-refractivity contribution in [2.45, 2.75) is 66.3 Å². The van der Waals surface area contributed by atoms with Crippen LogP contribution in [0.1, 0.15) is 53.9 Å². The van der Waals surface area contributed by atoms with Crippen LogP contribution < -0.4 is 9.47 Å². The average Bonchev–Trinajstić information content (AvgIpc) is 2.58. The van der Waals surface area contributed by atoms with E-state index in [4.69, 9.17) is 18.9 Å². The number of rotatable bonds is 12. The molecule has 0 aliphatic carbocycles. The molecule has 0 aliphatic heterocycles. The van der Waals surface area contributed by atoms with E-state index >= 15 is 0 Å². The Labute approximate surface area is 147 Å². The first-order valence-electron chi connectivity index (χ1n) is 8.93. The minimum absolute atomic E-state index is 0.230. The van der Waals surface area contributed by atoms with E-state index in [0.29, 0.717) is 18.1 Å². The smallest absolute Gasteiger partial charge is 0.197 e. The molecule has 0 N–H and O–H groups in total. The summed E-state index contributed by atoms with van der Waals surface area (Å²) in [4.78, 5) is 0. The van der Waals surface area contributed by atoms with Gasteiger partial charge < -0.3 is 18.9 Å². The van der Waals surface area contributed by atoms with E-state index in [9.17, 15) is 0 Å². The van der Waals surface area contributed by atoms with E-state index in [1.807, 2.05) is 31.2 Å². The van der Waals surface area contributed by atoms with Crippen LogP contribution in [0.5, 0.6) is 11.5 Å². The lowest BCUT2D eigenvalue weighted by Gasteiger charge is -2.30. The number of hydrogen-bond donors (Lipinski definition) is 0. The van der Waals surface area contributed by atoms with Crippen molar-refractivity contribution in [2.24, 2.45) is 5.41 Å². The van der Waals surface area contributed by atoms with Gasteiger partial charge in [-0.15, -0.1) is 0 Å². The summed E-state index contributed by atoms with van der Waals surface area (Å²) < 4.78 is 22.7. The maximum Gasteiger partial charge on any atom is 0.197 e. The summed E-state index contributed by atoms with van der Waals surface area (Å²) in [6.07, 6.45) is 3.04. The van der Waals surface area contributed by atoms with Crippen molar-refractivity contribution in [2.75, 3.05) is 20.3 Å². The third kappa shape index (κ3) is 7.10. The van der Waals surface area contributed by atoms with Crippen LogP contribution in [-0.2, 0) is 9.47 Å². The maximum atomic E-state index is 5.93. The van der Waals surface area contributed by atoms with Gasteiger partial charge in [0.15, 0.2) is 17.8 Å². The second kappa shape index (κ2) is 10.6. The van der Waals surface area contributed by atoms with Gasteiger partial charge in [0.2, 0.25) is 0 Å². The number of benzene rings is 1. The first kappa shape index (κ1) is 20.8. The summed E-state index contributed by atoms with van der Waals surface area (Å²) in [5, 5.41) is 0. The zero-order chi connectivity index (χ0) is 18.0. The molecule has 0 saturated heterocycles. The van der Waals surface area contributed by atoms with Gasteiger partial charge in [0.25, 0.3) is 0 Å². The van der Waals surface area contributed by atoms with Gasteiger partial charge in [-0.05, 0) is 50.7 Å². The first-order valence-corrected chi connectivity index (χ1v) is 8.93. The van der Waals surface area contributed by atoms with Crippen molar-refractivity contribution in [3.05, 3.63) is 24.3 Å². The van der Waals surface area contributed by atoms with Crippen molar-refractivity contribution < 1.29 is 18.9 Å². The van der Waals surface area contributed by atoms with E-state index in [2.05, 4.69) is 27.7 Å². The zero-order valence-electron chi connectivity index (χ0n) is 16.1. The largest absolute Gasteiger partial charge is 0.493 e. The molecule has 0 bridgehead atoms. The molecule has 4 heteroatoms. The molecule has 1 rings (SSSR count). The van der Waals surface area contributed by atoms with Gasteiger partial charge in [0, 0.05) is 6.61 Å². The Morgan fingerprint density at radius 2 is 1.54 bits per heavy atom. The third-order valence-electron chi connectivity index (χ3n) is 4.63. The molecular formula is C20H34O4. The molecule has 0 spiro atoms. The number of para-hydroxylation sites is 2. The van der Waals surface area contributed by atoms with Crippen molar-refractivity contribution in [1.82, 2.24) is 0 Å². The number of ether oxygens (including phenoxy) is 4. The van der Waals surface area contributed by atoms with E-state index in [1.165, 1.54) is 0 Å². The summed E-state index contributed by atoms with van der Waals surface area (Å²) in [6, 6.07) is 7.58.